The highest BCUT2D eigenvalue weighted by molar-refractivity contribution is 5.38. The Balaban J connectivity index is 2.15. The topological polar surface area (TPSA) is 51.2 Å². The van der Waals surface area contributed by atoms with E-state index in [0.29, 0.717) is 6.54 Å². The second kappa shape index (κ2) is 2.66. The number of aliphatic hydroxyl groups is 1. The Hall–Kier alpha value is -0.800. The molecule has 1 unspecified atom stereocenters. The highest BCUT2D eigenvalue weighted by atomic mass is 16.3. The number of hydrogen-bond donors (Lipinski definition) is 2. The molecule has 1 fully saturated rings. The number of fused-ring (bicyclic) bond motifs is 1. The summed E-state index contributed by atoms with van der Waals surface area (Å²) < 4.78 is 2.03. The van der Waals surface area contributed by atoms with Gasteiger partial charge >= 0.3 is 0 Å². The summed E-state index contributed by atoms with van der Waals surface area (Å²) in [5.74, 6) is 0. The van der Waals surface area contributed by atoms with Gasteiger partial charge in [0.1, 0.15) is 5.60 Å². The van der Waals surface area contributed by atoms with Gasteiger partial charge in [0.15, 0.2) is 0 Å². The third kappa shape index (κ3) is 1.02. The summed E-state index contributed by atoms with van der Waals surface area (Å²) in [6.45, 7) is 0.351. The number of hydrogen-bond acceptors (Lipinski definition) is 2. The molecule has 3 N–H and O–H groups in total. The van der Waals surface area contributed by atoms with Gasteiger partial charge in [0.2, 0.25) is 0 Å². The van der Waals surface area contributed by atoms with Crippen LogP contribution < -0.4 is 5.73 Å². The first-order valence-electron chi connectivity index (χ1n) is 5.69. The Labute approximate surface area is 89.9 Å². The van der Waals surface area contributed by atoms with Gasteiger partial charge < -0.3 is 15.4 Å². The lowest BCUT2D eigenvalue weighted by Gasteiger charge is -2.40. The minimum Gasteiger partial charge on any atom is -0.383 e. The number of aromatic nitrogens is 1. The molecule has 15 heavy (non-hydrogen) atoms. The van der Waals surface area contributed by atoms with Gasteiger partial charge in [-0.05, 0) is 31.2 Å². The number of aryl methyl sites for hydroxylation is 2. The largest absolute Gasteiger partial charge is 0.383 e. The van der Waals surface area contributed by atoms with Crippen LogP contribution in [0.1, 0.15) is 30.4 Å². The van der Waals surface area contributed by atoms with E-state index in [1.807, 2.05) is 17.8 Å². The molecule has 3 heteroatoms. The van der Waals surface area contributed by atoms with Crippen molar-refractivity contribution in [3.8, 4) is 0 Å². The summed E-state index contributed by atoms with van der Waals surface area (Å²) in [7, 11) is 2.01. The van der Waals surface area contributed by atoms with E-state index in [1.54, 1.807) is 0 Å². The highest BCUT2D eigenvalue weighted by Crippen LogP contribution is 2.63. The SMILES string of the molecule is Cn1cc2c(c1)C(O)(CN)C1(CC2)CC1. The maximum atomic E-state index is 10.8. The lowest BCUT2D eigenvalue weighted by atomic mass is 9.70. The first-order valence-corrected chi connectivity index (χ1v) is 5.69. The molecule has 1 aromatic heterocycles. The first-order chi connectivity index (χ1) is 7.11. The lowest BCUT2D eigenvalue weighted by molar-refractivity contribution is -0.0418. The van der Waals surface area contributed by atoms with Crippen LogP contribution in [-0.2, 0) is 19.1 Å². The van der Waals surface area contributed by atoms with Crippen LogP contribution >= 0.6 is 0 Å². The van der Waals surface area contributed by atoms with Crippen LogP contribution in [0.25, 0.3) is 0 Å². The molecular weight excluding hydrogens is 188 g/mol. The van der Waals surface area contributed by atoms with Crippen molar-refractivity contribution in [3.63, 3.8) is 0 Å². The molecule has 3 rings (SSSR count). The number of nitrogens with two attached hydrogens (primary N) is 1. The zero-order valence-electron chi connectivity index (χ0n) is 9.16. The Bertz CT molecular complexity index is 406. The Morgan fingerprint density at radius 3 is 2.73 bits per heavy atom. The van der Waals surface area contributed by atoms with E-state index in [0.717, 1.165) is 31.2 Å². The van der Waals surface area contributed by atoms with Crippen LogP contribution in [-0.4, -0.2) is 16.2 Å². The van der Waals surface area contributed by atoms with Gasteiger partial charge in [-0.15, -0.1) is 0 Å². The molecule has 1 saturated carbocycles. The van der Waals surface area contributed by atoms with E-state index >= 15 is 0 Å². The van der Waals surface area contributed by atoms with Crippen molar-refractivity contribution in [2.45, 2.75) is 31.3 Å². The Morgan fingerprint density at radius 1 is 1.40 bits per heavy atom. The zero-order valence-corrected chi connectivity index (χ0v) is 9.16. The lowest BCUT2D eigenvalue weighted by Crippen LogP contribution is -2.46. The minimum absolute atomic E-state index is 0.107. The second-order valence-electron chi connectivity index (χ2n) is 5.21. The summed E-state index contributed by atoms with van der Waals surface area (Å²) >= 11 is 0. The van der Waals surface area contributed by atoms with Crippen LogP contribution in [0.5, 0.6) is 0 Å². The molecule has 1 spiro atoms. The standard InChI is InChI=1S/C12H18N2O/c1-14-6-9-2-3-11(4-5-11)12(15,8-13)10(9)7-14/h6-7,15H,2-5,8,13H2,1H3. The van der Waals surface area contributed by atoms with Gasteiger partial charge in [-0.3, -0.25) is 0 Å². The van der Waals surface area contributed by atoms with Gasteiger partial charge in [0, 0.05) is 37.0 Å². The monoisotopic (exact) mass is 206 g/mol. The second-order valence-corrected chi connectivity index (χ2v) is 5.21. The third-order valence-electron chi connectivity index (χ3n) is 4.38. The van der Waals surface area contributed by atoms with E-state index in [2.05, 4.69) is 6.20 Å². The fraction of sp³-hybridized carbons (Fsp3) is 0.667. The molecule has 0 bridgehead atoms. The highest BCUT2D eigenvalue weighted by Gasteiger charge is 2.60. The van der Waals surface area contributed by atoms with Crippen molar-refractivity contribution in [3.05, 3.63) is 23.5 Å². The minimum atomic E-state index is -0.762. The number of rotatable bonds is 1. The van der Waals surface area contributed by atoms with E-state index in [9.17, 15) is 5.11 Å². The molecule has 1 aromatic rings. The smallest absolute Gasteiger partial charge is 0.109 e. The molecule has 0 aliphatic heterocycles. The first kappa shape index (κ1) is 9.43. The van der Waals surface area contributed by atoms with Crippen molar-refractivity contribution in [1.29, 1.82) is 0 Å². The predicted octanol–water partition coefficient (Wildman–Crippen LogP) is 0.898. The fourth-order valence-electron chi connectivity index (χ4n) is 3.22. The molecule has 2 aliphatic rings. The van der Waals surface area contributed by atoms with Crippen molar-refractivity contribution in [2.24, 2.45) is 18.2 Å². The average molecular weight is 206 g/mol. The maximum Gasteiger partial charge on any atom is 0.109 e. The van der Waals surface area contributed by atoms with Crippen LogP contribution in [0.3, 0.4) is 0 Å². The molecule has 3 nitrogen and oxygen atoms in total. The Morgan fingerprint density at radius 2 is 2.13 bits per heavy atom. The van der Waals surface area contributed by atoms with E-state index < -0.39 is 5.60 Å². The van der Waals surface area contributed by atoms with E-state index in [-0.39, 0.29) is 5.41 Å². The molecule has 0 radical (unpaired) electrons. The quantitative estimate of drug-likeness (QED) is 0.717. The van der Waals surface area contributed by atoms with Crippen molar-refractivity contribution < 1.29 is 5.11 Å². The van der Waals surface area contributed by atoms with Crippen LogP contribution in [0, 0.1) is 5.41 Å². The molecule has 0 saturated heterocycles. The molecular formula is C12H18N2O. The summed E-state index contributed by atoms with van der Waals surface area (Å²) in [6.07, 6.45) is 8.62. The maximum absolute atomic E-state index is 10.8. The average Bonchev–Trinajstić information content (AvgIpc) is 2.91. The summed E-state index contributed by atoms with van der Waals surface area (Å²) in [6, 6.07) is 0. The molecule has 1 heterocycles. The number of nitrogens with zero attached hydrogens (tertiary/aromatic N) is 1. The molecule has 2 aliphatic carbocycles. The van der Waals surface area contributed by atoms with Crippen LogP contribution in [0.4, 0.5) is 0 Å². The van der Waals surface area contributed by atoms with Gasteiger partial charge in [-0.25, -0.2) is 0 Å². The molecule has 82 valence electrons. The predicted molar refractivity (Wildman–Crippen MR) is 58.4 cm³/mol. The molecule has 0 amide bonds. The normalized spacial score (nSPS) is 31.7. The van der Waals surface area contributed by atoms with Crippen LogP contribution in [0.15, 0.2) is 12.4 Å². The third-order valence-corrected chi connectivity index (χ3v) is 4.38. The Kier molecular flexibility index (Phi) is 1.67. The van der Waals surface area contributed by atoms with Crippen molar-refractivity contribution in [2.75, 3.05) is 6.54 Å². The summed E-state index contributed by atoms with van der Waals surface area (Å²) in [4.78, 5) is 0. The molecule has 1 atom stereocenters. The van der Waals surface area contributed by atoms with E-state index in [4.69, 9.17) is 5.73 Å². The van der Waals surface area contributed by atoms with Crippen molar-refractivity contribution in [1.82, 2.24) is 4.57 Å². The van der Waals surface area contributed by atoms with Crippen LogP contribution in [0.2, 0.25) is 0 Å². The summed E-state index contributed by atoms with van der Waals surface area (Å²) in [5.41, 5.74) is 7.52. The van der Waals surface area contributed by atoms with Gasteiger partial charge in [0.05, 0.1) is 0 Å². The van der Waals surface area contributed by atoms with E-state index in [1.165, 1.54) is 5.56 Å². The van der Waals surface area contributed by atoms with Crippen molar-refractivity contribution >= 4 is 0 Å². The van der Waals surface area contributed by atoms with Gasteiger partial charge in [-0.1, -0.05) is 0 Å². The summed E-state index contributed by atoms with van der Waals surface area (Å²) in [5, 5.41) is 10.8. The van der Waals surface area contributed by atoms with Gasteiger partial charge in [-0.2, -0.15) is 0 Å². The van der Waals surface area contributed by atoms with Gasteiger partial charge in [0.25, 0.3) is 0 Å². The molecule has 0 aromatic carbocycles. The zero-order chi connectivity index (χ0) is 10.7. The fourth-order valence-corrected chi connectivity index (χ4v) is 3.22.